The number of ketones is 1. The monoisotopic (exact) mass is 349 g/mol. The first-order chi connectivity index (χ1) is 12.7. The Morgan fingerprint density at radius 1 is 1.04 bits per heavy atom. The summed E-state index contributed by atoms with van der Waals surface area (Å²) in [6.07, 6.45) is 3.35. The summed E-state index contributed by atoms with van der Waals surface area (Å²) in [5.74, 6) is 1.01. The van der Waals surface area contributed by atoms with Crippen molar-refractivity contribution >= 4 is 11.9 Å². The van der Waals surface area contributed by atoms with Gasteiger partial charge in [0.2, 0.25) is 5.78 Å². The molecule has 0 bridgehead atoms. The summed E-state index contributed by atoms with van der Waals surface area (Å²) in [6.45, 7) is 5.23. The van der Waals surface area contributed by atoms with Crippen molar-refractivity contribution in [3.05, 3.63) is 65.2 Å². The van der Waals surface area contributed by atoms with Crippen LogP contribution in [0.25, 0.3) is 6.08 Å². The van der Waals surface area contributed by atoms with Gasteiger partial charge in [-0.25, -0.2) is 0 Å². The Balaban J connectivity index is 2.36. The minimum Gasteiger partial charge on any atom is -0.493 e. The fourth-order valence-corrected chi connectivity index (χ4v) is 2.33. The number of rotatable bonds is 9. The molecule has 2 aromatic carbocycles. The maximum Gasteiger partial charge on any atom is 0.203 e. The Morgan fingerprint density at radius 3 is 2.38 bits per heavy atom. The van der Waals surface area contributed by atoms with Gasteiger partial charge >= 0.3 is 0 Å². The van der Waals surface area contributed by atoms with E-state index in [1.165, 1.54) is 0 Å². The Kier molecular flexibility index (Phi) is 7.45. The zero-order valence-corrected chi connectivity index (χ0v) is 15.2. The number of hydrogen-bond donors (Lipinski definition) is 0. The van der Waals surface area contributed by atoms with E-state index in [0.29, 0.717) is 35.8 Å². The summed E-state index contributed by atoms with van der Waals surface area (Å²) < 4.78 is 11.4. The summed E-state index contributed by atoms with van der Waals surface area (Å²) in [5, 5.41) is 9.45. The highest BCUT2D eigenvalue weighted by atomic mass is 16.5. The van der Waals surface area contributed by atoms with E-state index in [0.717, 1.165) is 12.8 Å². The van der Waals surface area contributed by atoms with Gasteiger partial charge in [0.1, 0.15) is 23.1 Å². The van der Waals surface area contributed by atoms with E-state index >= 15 is 0 Å². The number of nitrogens with zero attached hydrogens (tertiary/aromatic N) is 1. The molecule has 0 fully saturated rings. The van der Waals surface area contributed by atoms with E-state index in [-0.39, 0.29) is 11.4 Å². The third-order valence-electron chi connectivity index (χ3n) is 3.62. The first-order valence-corrected chi connectivity index (χ1v) is 8.80. The zero-order chi connectivity index (χ0) is 18.8. The molecule has 4 heteroatoms. The third kappa shape index (κ3) is 5.22. The quantitative estimate of drug-likeness (QED) is 0.361. The second-order valence-electron chi connectivity index (χ2n) is 5.76. The largest absolute Gasteiger partial charge is 0.493 e. The summed E-state index contributed by atoms with van der Waals surface area (Å²) in [7, 11) is 0. The van der Waals surface area contributed by atoms with Crippen LogP contribution in [-0.2, 0) is 0 Å². The lowest BCUT2D eigenvalue weighted by Gasteiger charge is -2.12. The van der Waals surface area contributed by atoms with Crippen molar-refractivity contribution < 1.29 is 14.3 Å². The Morgan fingerprint density at radius 2 is 1.73 bits per heavy atom. The molecule has 0 amide bonds. The van der Waals surface area contributed by atoms with E-state index < -0.39 is 0 Å². The van der Waals surface area contributed by atoms with Crippen molar-refractivity contribution in [3.63, 3.8) is 0 Å². The highest BCUT2D eigenvalue weighted by Crippen LogP contribution is 2.28. The van der Waals surface area contributed by atoms with Gasteiger partial charge in [-0.1, -0.05) is 44.2 Å². The smallest absolute Gasteiger partial charge is 0.203 e. The topological polar surface area (TPSA) is 59.3 Å². The van der Waals surface area contributed by atoms with Gasteiger partial charge in [-0.15, -0.1) is 0 Å². The van der Waals surface area contributed by atoms with Gasteiger partial charge < -0.3 is 9.47 Å². The van der Waals surface area contributed by atoms with E-state index in [9.17, 15) is 10.1 Å². The number of carbonyl (C=O) groups is 1. The number of nitriles is 1. The lowest BCUT2D eigenvalue weighted by Crippen LogP contribution is -2.03. The summed E-state index contributed by atoms with van der Waals surface area (Å²) in [4.78, 5) is 12.6. The van der Waals surface area contributed by atoms with Crippen LogP contribution < -0.4 is 9.47 Å². The van der Waals surface area contributed by atoms with Crippen LogP contribution in [0.1, 0.15) is 42.6 Å². The lowest BCUT2D eigenvalue weighted by atomic mass is 10.0. The van der Waals surface area contributed by atoms with Crippen molar-refractivity contribution in [2.75, 3.05) is 13.2 Å². The molecule has 0 saturated carbocycles. The minimum absolute atomic E-state index is 0.0692. The molecule has 2 rings (SSSR count). The zero-order valence-electron chi connectivity index (χ0n) is 15.2. The van der Waals surface area contributed by atoms with Crippen molar-refractivity contribution in [1.29, 1.82) is 5.26 Å². The molecule has 0 aromatic heterocycles. The van der Waals surface area contributed by atoms with Crippen molar-refractivity contribution in [3.8, 4) is 17.6 Å². The molecular formula is C22H23NO3. The number of Topliss-reactive ketones (excluding diaryl/α,β-unsaturated/α-hetero) is 1. The number of benzene rings is 2. The number of carbonyl (C=O) groups excluding carboxylic acids is 1. The van der Waals surface area contributed by atoms with Crippen LogP contribution in [-0.4, -0.2) is 19.0 Å². The van der Waals surface area contributed by atoms with Crippen LogP contribution >= 0.6 is 0 Å². The van der Waals surface area contributed by atoms with Crippen LogP contribution in [0.5, 0.6) is 11.5 Å². The maximum atomic E-state index is 12.6. The number of hydrogen-bond acceptors (Lipinski definition) is 4. The fraction of sp³-hybridized carbons (Fsp3) is 0.273. The highest BCUT2D eigenvalue weighted by molar-refractivity contribution is 6.14. The molecule has 0 N–H and O–H groups in total. The lowest BCUT2D eigenvalue weighted by molar-refractivity contribution is 0.104. The molecule has 4 nitrogen and oxygen atoms in total. The van der Waals surface area contributed by atoms with Crippen LogP contribution in [0.15, 0.2) is 54.1 Å². The standard InChI is InChI=1S/C22H23NO3/c1-3-12-25-20-11-10-18(21(15-20)26-13-4-2)14-19(16-23)22(24)17-8-6-5-7-9-17/h5-11,14-15H,3-4,12-13H2,1-2H3/b19-14-. The van der Waals surface area contributed by atoms with Crippen molar-refractivity contribution in [2.45, 2.75) is 26.7 Å². The Hall–Kier alpha value is -3.06. The molecule has 0 radical (unpaired) electrons. The molecule has 0 heterocycles. The molecule has 0 unspecified atom stereocenters. The first kappa shape index (κ1) is 19.3. The van der Waals surface area contributed by atoms with Gasteiger partial charge in [-0.3, -0.25) is 4.79 Å². The second kappa shape index (κ2) is 10.0. The average molecular weight is 349 g/mol. The van der Waals surface area contributed by atoms with E-state index in [4.69, 9.17) is 9.47 Å². The van der Waals surface area contributed by atoms with E-state index in [2.05, 4.69) is 0 Å². The highest BCUT2D eigenvalue weighted by Gasteiger charge is 2.13. The summed E-state index contributed by atoms with van der Waals surface area (Å²) >= 11 is 0. The van der Waals surface area contributed by atoms with Gasteiger partial charge in [-0.2, -0.15) is 5.26 Å². The molecule has 0 aliphatic heterocycles. The number of ether oxygens (including phenoxy) is 2. The van der Waals surface area contributed by atoms with Crippen LogP contribution in [0.4, 0.5) is 0 Å². The first-order valence-electron chi connectivity index (χ1n) is 8.80. The molecule has 0 aliphatic carbocycles. The number of allylic oxidation sites excluding steroid dienone is 1. The Bertz CT molecular complexity index is 804. The molecule has 0 saturated heterocycles. The molecule has 0 aliphatic rings. The van der Waals surface area contributed by atoms with Gasteiger partial charge in [0.15, 0.2) is 0 Å². The molecule has 134 valence electrons. The molecule has 0 atom stereocenters. The van der Waals surface area contributed by atoms with Gasteiger partial charge in [0.05, 0.1) is 13.2 Å². The summed E-state index contributed by atoms with van der Waals surface area (Å²) in [5.41, 5.74) is 1.24. The van der Waals surface area contributed by atoms with Crippen molar-refractivity contribution in [1.82, 2.24) is 0 Å². The second-order valence-corrected chi connectivity index (χ2v) is 5.76. The van der Waals surface area contributed by atoms with Gasteiger partial charge in [-0.05, 0) is 31.1 Å². The van der Waals surface area contributed by atoms with Crippen LogP contribution in [0.3, 0.4) is 0 Å². The van der Waals surface area contributed by atoms with Crippen LogP contribution in [0.2, 0.25) is 0 Å². The van der Waals surface area contributed by atoms with Gasteiger partial charge in [0, 0.05) is 17.2 Å². The normalized spacial score (nSPS) is 10.9. The van der Waals surface area contributed by atoms with Crippen LogP contribution in [0, 0.1) is 11.3 Å². The Labute approximate surface area is 154 Å². The summed E-state index contributed by atoms with van der Waals surface area (Å²) in [6, 6.07) is 16.2. The predicted octanol–water partition coefficient (Wildman–Crippen LogP) is 5.05. The average Bonchev–Trinajstić information content (AvgIpc) is 2.69. The molecule has 26 heavy (non-hydrogen) atoms. The molecule has 2 aromatic rings. The van der Waals surface area contributed by atoms with Gasteiger partial charge in [0.25, 0.3) is 0 Å². The molecular weight excluding hydrogens is 326 g/mol. The van der Waals surface area contributed by atoms with E-state index in [1.54, 1.807) is 36.4 Å². The molecule has 0 spiro atoms. The minimum atomic E-state index is -0.305. The van der Waals surface area contributed by atoms with Crippen molar-refractivity contribution in [2.24, 2.45) is 0 Å². The predicted molar refractivity (Wildman–Crippen MR) is 102 cm³/mol. The fourth-order valence-electron chi connectivity index (χ4n) is 2.33. The van der Waals surface area contributed by atoms with E-state index in [1.807, 2.05) is 38.1 Å². The SMILES string of the molecule is CCCOc1ccc(/C=C(/C#N)C(=O)c2ccccc2)c(OCCC)c1. The maximum absolute atomic E-state index is 12.6. The third-order valence-corrected chi connectivity index (χ3v) is 3.62.